The molecular formula is C30H52O6Si. The van der Waals surface area contributed by atoms with E-state index in [-0.39, 0.29) is 29.3 Å². The van der Waals surface area contributed by atoms with Crippen LogP contribution in [0.4, 0.5) is 0 Å². The lowest BCUT2D eigenvalue weighted by atomic mass is 10.00. The molecule has 3 atom stereocenters. The molecule has 0 fully saturated rings. The molecule has 0 saturated carbocycles. The highest BCUT2D eigenvalue weighted by molar-refractivity contribution is 6.74. The minimum absolute atomic E-state index is 0.0624. The number of benzene rings is 1. The first-order valence-electron chi connectivity index (χ1n) is 14.0. The molecule has 1 aromatic rings. The van der Waals surface area contributed by atoms with Crippen molar-refractivity contribution in [2.45, 2.75) is 135 Å². The molecule has 0 bridgehead atoms. The van der Waals surface area contributed by atoms with Crippen molar-refractivity contribution in [3.8, 4) is 0 Å². The molecule has 6 nitrogen and oxygen atoms in total. The number of carbonyl (C=O) groups excluding carboxylic acids is 2. The summed E-state index contributed by atoms with van der Waals surface area (Å²) in [5.41, 5.74) is 1.15. The van der Waals surface area contributed by atoms with Gasteiger partial charge in [0, 0.05) is 20.0 Å². The number of esters is 1. The van der Waals surface area contributed by atoms with Gasteiger partial charge in [-0.05, 0) is 62.2 Å². The molecule has 1 rings (SSSR count). The van der Waals surface area contributed by atoms with E-state index in [1.807, 2.05) is 18.2 Å². The Kier molecular flexibility index (Phi) is 16.0. The first-order chi connectivity index (χ1) is 17.5. The normalized spacial score (nSPS) is 14.6. The van der Waals surface area contributed by atoms with Gasteiger partial charge in [-0.2, -0.15) is 0 Å². The van der Waals surface area contributed by atoms with Crippen molar-refractivity contribution >= 4 is 20.8 Å². The van der Waals surface area contributed by atoms with Crippen molar-refractivity contribution in [3.63, 3.8) is 0 Å². The van der Waals surface area contributed by atoms with Gasteiger partial charge < -0.3 is 18.6 Å². The Bertz CT molecular complexity index is 746. The van der Waals surface area contributed by atoms with Gasteiger partial charge in [-0.1, -0.05) is 70.9 Å². The van der Waals surface area contributed by atoms with Crippen LogP contribution >= 0.6 is 0 Å². The second-order valence-corrected chi connectivity index (χ2v) is 16.3. The Morgan fingerprint density at radius 2 is 1.59 bits per heavy atom. The molecule has 7 heteroatoms. The van der Waals surface area contributed by atoms with Crippen molar-refractivity contribution in [1.29, 1.82) is 0 Å². The molecule has 0 aliphatic heterocycles. The first kappa shape index (κ1) is 33.3. The van der Waals surface area contributed by atoms with E-state index >= 15 is 0 Å². The number of rotatable bonds is 20. The lowest BCUT2D eigenvalue weighted by molar-refractivity contribution is -0.148. The second-order valence-electron chi connectivity index (χ2n) is 11.6. The van der Waals surface area contributed by atoms with Crippen molar-refractivity contribution in [2.24, 2.45) is 0 Å². The van der Waals surface area contributed by atoms with Crippen LogP contribution in [0.2, 0.25) is 18.1 Å². The number of ether oxygens (including phenoxy) is 3. The zero-order valence-corrected chi connectivity index (χ0v) is 25.4. The minimum atomic E-state index is -2.03. The average molecular weight is 537 g/mol. The Morgan fingerprint density at radius 1 is 0.946 bits per heavy atom. The van der Waals surface area contributed by atoms with E-state index < -0.39 is 8.32 Å². The third-order valence-corrected chi connectivity index (χ3v) is 11.8. The molecule has 0 saturated heterocycles. The van der Waals surface area contributed by atoms with Gasteiger partial charge in [0.1, 0.15) is 12.2 Å². The highest BCUT2D eigenvalue weighted by Gasteiger charge is 2.39. The van der Waals surface area contributed by atoms with Crippen LogP contribution in [0, 0.1) is 0 Å². The highest BCUT2D eigenvalue weighted by atomic mass is 28.4. The minimum Gasteiger partial charge on any atom is -0.465 e. The van der Waals surface area contributed by atoms with Gasteiger partial charge in [0.25, 0.3) is 6.47 Å². The summed E-state index contributed by atoms with van der Waals surface area (Å²) in [5, 5.41) is 0.0744. The molecule has 37 heavy (non-hydrogen) atoms. The molecule has 0 spiro atoms. The predicted molar refractivity (Wildman–Crippen MR) is 152 cm³/mol. The third kappa shape index (κ3) is 14.7. The second kappa shape index (κ2) is 17.7. The van der Waals surface area contributed by atoms with Crippen molar-refractivity contribution in [2.75, 3.05) is 6.61 Å². The van der Waals surface area contributed by atoms with E-state index in [0.29, 0.717) is 32.5 Å². The number of hydrogen-bond donors (Lipinski definition) is 0. The predicted octanol–water partition coefficient (Wildman–Crippen LogP) is 7.60. The summed E-state index contributed by atoms with van der Waals surface area (Å²) in [7, 11) is -2.03. The Balaban J connectivity index is 2.79. The van der Waals surface area contributed by atoms with Gasteiger partial charge in [-0.25, -0.2) is 0 Å². The lowest BCUT2D eigenvalue weighted by Crippen LogP contribution is -2.45. The van der Waals surface area contributed by atoms with Crippen molar-refractivity contribution in [1.82, 2.24) is 0 Å². The van der Waals surface area contributed by atoms with Gasteiger partial charge in [-0.3, -0.25) is 9.59 Å². The van der Waals surface area contributed by atoms with Crippen LogP contribution in [0.3, 0.4) is 0 Å². The zero-order chi connectivity index (χ0) is 27.7. The van der Waals surface area contributed by atoms with Crippen LogP contribution in [0.15, 0.2) is 30.3 Å². The fourth-order valence-corrected chi connectivity index (χ4v) is 5.51. The van der Waals surface area contributed by atoms with Crippen molar-refractivity contribution < 1.29 is 28.2 Å². The molecule has 0 aromatic heterocycles. The maximum atomic E-state index is 11.9. The SMILES string of the molecule is CCCCC[C@H](CCC[C@H](C[C@H](CCOCc1ccccc1)O[Si](C)(C)C(C)(C)C)OC(C)=O)OC=O. The summed E-state index contributed by atoms with van der Waals surface area (Å²) in [6.07, 6.45) is 7.49. The molecule has 0 amide bonds. The molecule has 0 aliphatic carbocycles. The fraction of sp³-hybridized carbons (Fsp3) is 0.733. The zero-order valence-electron chi connectivity index (χ0n) is 24.4. The fourth-order valence-electron chi connectivity index (χ4n) is 4.10. The van der Waals surface area contributed by atoms with Gasteiger partial charge in [0.15, 0.2) is 8.32 Å². The summed E-state index contributed by atoms with van der Waals surface area (Å²) in [6, 6.07) is 10.1. The largest absolute Gasteiger partial charge is 0.465 e. The number of unbranched alkanes of at least 4 members (excludes halogenated alkanes) is 2. The van der Waals surface area contributed by atoms with Gasteiger partial charge in [-0.15, -0.1) is 0 Å². The molecule has 0 N–H and O–H groups in total. The summed E-state index contributed by atoms with van der Waals surface area (Å²) < 4.78 is 23.8. The van der Waals surface area contributed by atoms with E-state index in [1.54, 1.807) is 0 Å². The van der Waals surface area contributed by atoms with Gasteiger partial charge in [0.05, 0.1) is 12.7 Å². The quantitative estimate of drug-likeness (QED) is 0.0739. The molecule has 0 radical (unpaired) electrons. The standard InChI is InChI=1S/C30H52O6Si/c1-8-9-11-17-27(34-24-31)18-14-19-28(35-25(2)32)22-29(36-37(6,7)30(3,4)5)20-21-33-23-26-15-12-10-13-16-26/h10,12-13,15-16,24,27-29H,8-9,11,14,17-23H2,1-7H3/t27-,28-,29+/m1/s1. The van der Waals surface area contributed by atoms with E-state index in [2.05, 4.69) is 52.9 Å². The Hall–Kier alpha value is -1.70. The number of hydrogen-bond acceptors (Lipinski definition) is 6. The van der Waals surface area contributed by atoms with Crippen molar-refractivity contribution in [3.05, 3.63) is 35.9 Å². The number of carbonyl (C=O) groups is 2. The monoisotopic (exact) mass is 536 g/mol. The first-order valence-corrected chi connectivity index (χ1v) is 16.9. The summed E-state index contributed by atoms with van der Waals surface area (Å²) in [5.74, 6) is -0.278. The van der Waals surface area contributed by atoms with E-state index in [0.717, 1.165) is 50.5 Å². The van der Waals surface area contributed by atoms with Crippen LogP contribution in [0.1, 0.15) is 98.0 Å². The lowest BCUT2D eigenvalue weighted by Gasteiger charge is -2.40. The molecular weight excluding hydrogens is 484 g/mol. The topological polar surface area (TPSA) is 71.1 Å². The van der Waals surface area contributed by atoms with E-state index in [9.17, 15) is 9.59 Å². The average Bonchev–Trinajstić information content (AvgIpc) is 2.81. The van der Waals surface area contributed by atoms with E-state index in [1.165, 1.54) is 6.92 Å². The Morgan fingerprint density at radius 3 is 2.19 bits per heavy atom. The molecule has 1 aromatic carbocycles. The van der Waals surface area contributed by atoms with Gasteiger partial charge >= 0.3 is 5.97 Å². The van der Waals surface area contributed by atoms with Crippen LogP contribution in [0.5, 0.6) is 0 Å². The summed E-state index contributed by atoms with van der Waals surface area (Å²) in [4.78, 5) is 22.9. The van der Waals surface area contributed by atoms with Gasteiger partial charge in [0.2, 0.25) is 0 Å². The summed E-state index contributed by atoms with van der Waals surface area (Å²) >= 11 is 0. The van der Waals surface area contributed by atoms with E-state index in [4.69, 9.17) is 18.6 Å². The molecule has 0 aliphatic rings. The summed E-state index contributed by atoms with van der Waals surface area (Å²) in [6.45, 7) is 16.5. The Labute approximate surface area is 226 Å². The third-order valence-electron chi connectivity index (χ3n) is 7.25. The smallest absolute Gasteiger partial charge is 0.302 e. The highest BCUT2D eigenvalue weighted by Crippen LogP contribution is 2.38. The van der Waals surface area contributed by atoms with Crippen LogP contribution in [0.25, 0.3) is 0 Å². The maximum Gasteiger partial charge on any atom is 0.302 e. The van der Waals surface area contributed by atoms with Crippen LogP contribution in [-0.2, 0) is 34.8 Å². The maximum absolute atomic E-state index is 11.9. The van der Waals surface area contributed by atoms with Crippen LogP contribution in [-0.4, -0.2) is 45.7 Å². The molecule has 0 heterocycles. The van der Waals surface area contributed by atoms with Crippen LogP contribution < -0.4 is 0 Å². The molecule has 212 valence electrons. The molecule has 0 unspecified atom stereocenters.